The Balaban J connectivity index is 2.79. The molecule has 0 aliphatic heterocycles. The van der Waals surface area contributed by atoms with Crippen LogP contribution >= 0.6 is 11.8 Å². The molecule has 0 N–H and O–H groups in total. The lowest BCUT2D eigenvalue weighted by molar-refractivity contribution is -0.131. The summed E-state index contributed by atoms with van der Waals surface area (Å²) >= 11 is 1.80. The van der Waals surface area contributed by atoms with Crippen LogP contribution in [-0.4, -0.2) is 34.9 Å². The van der Waals surface area contributed by atoms with Gasteiger partial charge in [0, 0.05) is 23.8 Å². The molecule has 1 unspecified atom stereocenters. The maximum Gasteiger partial charge on any atom is 0.223 e. The Morgan fingerprint density at radius 2 is 2.04 bits per heavy atom. The summed E-state index contributed by atoms with van der Waals surface area (Å²) < 4.78 is 0. The van der Waals surface area contributed by atoms with Crippen LogP contribution in [0.15, 0.2) is 35.2 Å². The van der Waals surface area contributed by atoms with Gasteiger partial charge in [0.2, 0.25) is 5.91 Å². The van der Waals surface area contributed by atoms with Crippen LogP contribution in [0.5, 0.6) is 0 Å². The second-order valence-electron chi connectivity index (χ2n) is 5.85. The fraction of sp³-hybridized carbons (Fsp3) is 0.429. The lowest BCUT2D eigenvalue weighted by Gasteiger charge is -2.25. The van der Waals surface area contributed by atoms with Gasteiger partial charge < -0.3 is 9.69 Å². The highest BCUT2D eigenvalue weighted by atomic mass is 32.2. The summed E-state index contributed by atoms with van der Waals surface area (Å²) in [5.74, 6) is 3.67. The average Bonchev–Trinajstić information content (AvgIpc) is 2.58. The number of ketones is 1. The molecule has 1 amide bonds. The van der Waals surface area contributed by atoms with E-state index in [9.17, 15) is 9.59 Å². The Kier molecular flexibility index (Phi) is 9.72. The number of amides is 1. The number of thioether (sulfide) groups is 1. The Hall–Kier alpha value is -1.99. The normalized spacial score (nSPS) is 11.9. The minimum Gasteiger partial charge on any atom is -0.325 e. The quantitative estimate of drug-likeness (QED) is 0.459. The van der Waals surface area contributed by atoms with Crippen LogP contribution in [0.2, 0.25) is 0 Å². The van der Waals surface area contributed by atoms with Crippen LogP contribution < -0.4 is 0 Å². The molecule has 0 spiro atoms. The van der Waals surface area contributed by atoms with Gasteiger partial charge in [-0.15, -0.1) is 18.2 Å². The van der Waals surface area contributed by atoms with Gasteiger partial charge in [-0.1, -0.05) is 43.2 Å². The summed E-state index contributed by atoms with van der Waals surface area (Å²) in [5.41, 5.74) is 1.14. The van der Waals surface area contributed by atoms with E-state index < -0.39 is 0 Å². The summed E-state index contributed by atoms with van der Waals surface area (Å²) in [6.45, 7) is 5.91. The molecule has 0 aliphatic carbocycles. The van der Waals surface area contributed by atoms with Gasteiger partial charge in [-0.2, -0.15) is 0 Å². The minimum absolute atomic E-state index is 0.00688. The third kappa shape index (κ3) is 7.62. The molecule has 4 heteroatoms. The Morgan fingerprint density at radius 1 is 1.32 bits per heavy atom. The second-order valence-corrected chi connectivity index (χ2v) is 7.16. The van der Waals surface area contributed by atoms with E-state index in [1.807, 2.05) is 25.1 Å². The molecular formula is C21H27NO2S. The smallest absolute Gasteiger partial charge is 0.223 e. The van der Waals surface area contributed by atoms with E-state index in [-0.39, 0.29) is 24.3 Å². The predicted molar refractivity (Wildman–Crippen MR) is 106 cm³/mol. The Morgan fingerprint density at radius 3 is 2.68 bits per heavy atom. The van der Waals surface area contributed by atoms with Gasteiger partial charge in [0.25, 0.3) is 0 Å². The van der Waals surface area contributed by atoms with Crippen molar-refractivity contribution in [3.63, 3.8) is 0 Å². The summed E-state index contributed by atoms with van der Waals surface area (Å²) in [6, 6.07) is 8.12. The van der Waals surface area contributed by atoms with Crippen LogP contribution in [0.3, 0.4) is 0 Å². The summed E-state index contributed by atoms with van der Waals surface area (Å²) in [5, 5.41) is 0. The predicted octanol–water partition coefficient (Wildman–Crippen LogP) is 4.42. The topological polar surface area (TPSA) is 37.4 Å². The monoisotopic (exact) mass is 357 g/mol. The SMILES string of the molecule is C#CCN(C(=O)CCCC(C)=O)C(C)/C=C/c1ccccc1SCC. The molecule has 1 atom stereocenters. The number of benzene rings is 1. The number of hydrogen-bond acceptors (Lipinski definition) is 3. The van der Waals surface area contributed by atoms with Gasteiger partial charge in [-0.05, 0) is 37.7 Å². The molecule has 3 nitrogen and oxygen atoms in total. The molecule has 1 rings (SSSR count). The van der Waals surface area contributed by atoms with Gasteiger partial charge >= 0.3 is 0 Å². The highest BCUT2D eigenvalue weighted by Gasteiger charge is 2.17. The lowest BCUT2D eigenvalue weighted by Crippen LogP contribution is -2.37. The van der Waals surface area contributed by atoms with Gasteiger partial charge in [0.1, 0.15) is 5.78 Å². The third-order valence-corrected chi connectivity index (χ3v) is 4.74. The van der Waals surface area contributed by atoms with Crippen molar-refractivity contribution in [3.05, 3.63) is 35.9 Å². The minimum atomic E-state index is -0.0967. The summed E-state index contributed by atoms with van der Waals surface area (Å²) in [4.78, 5) is 26.4. The van der Waals surface area contributed by atoms with Crippen LogP contribution in [-0.2, 0) is 9.59 Å². The molecule has 1 aromatic carbocycles. The molecule has 0 saturated carbocycles. The fourth-order valence-electron chi connectivity index (χ4n) is 2.44. The lowest BCUT2D eigenvalue weighted by atomic mass is 10.1. The van der Waals surface area contributed by atoms with E-state index in [4.69, 9.17) is 6.42 Å². The molecule has 0 aromatic heterocycles. The molecule has 25 heavy (non-hydrogen) atoms. The van der Waals surface area contributed by atoms with E-state index in [1.165, 1.54) is 4.90 Å². The average molecular weight is 358 g/mol. The number of Topliss-reactive ketones (excluding diaryl/α,β-unsaturated/α-hetero) is 1. The standard InChI is InChI=1S/C21H27NO2S/c1-5-16-22(21(24)13-9-10-18(4)23)17(3)14-15-19-11-7-8-12-20(19)25-6-2/h1,7-8,11-12,14-15,17H,6,9-10,13,16H2,2-4H3/b15-14+. The van der Waals surface area contributed by atoms with Gasteiger partial charge in [-0.25, -0.2) is 0 Å². The molecule has 0 heterocycles. The molecule has 0 saturated heterocycles. The molecular weight excluding hydrogens is 330 g/mol. The van der Waals surface area contributed by atoms with Crippen molar-refractivity contribution in [3.8, 4) is 12.3 Å². The summed E-state index contributed by atoms with van der Waals surface area (Å²) in [6.07, 6.45) is 10.8. The second kappa shape index (κ2) is 11.5. The number of nitrogens with zero attached hydrogens (tertiary/aromatic N) is 1. The first-order valence-corrected chi connectivity index (χ1v) is 9.60. The van der Waals surface area contributed by atoms with Crippen molar-refractivity contribution >= 4 is 29.5 Å². The van der Waals surface area contributed by atoms with E-state index in [2.05, 4.69) is 31.1 Å². The maximum absolute atomic E-state index is 12.4. The van der Waals surface area contributed by atoms with Crippen LogP contribution in [0.1, 0.15) is 45.6 Å². The van der Waals surface area contributed by atoms with E-state index >= 15 is 0 Å². The van der Waals surface area contributed by atoms with Crippen molar-refractivity contribution in [1.82, 2.24) is 4.90 Å². The zero-order valence-electron chi connectivity index (χ0n) is 15.3. The molecule has 0 fully saturated rings. The zero-order valence-corrected chi connectivity index (χ0v) is 16.1. The van der Waals surface area contributed by atoms with E-state index in [0.29, 0.717) is 19.3 Å². The van der Waals surface area contributed by atoms with Crippen molar-refractivity contribution in [2.24, 2.45) is 0 Å². The molecule has 134 valence electrons. The highest BCUT2D eigenvalue weighted by molar-refractivity contribution is 7.99. The van der Waals surface area contributed by atoms with Crippen molar-refractivity contribution < 1.29 is 9.59 Å². The first kappa shape index (κ1) is 21.1. The van der Waals surface area contributed by atoms with Crippen LogP contribution in [0, 0.1) is 12.3 Å². The van der Waals surface area contributed by atoms with Gasteiger partial charge in [0.05, 0.1) is 6.54 Å². The number of carbonyl (C=O) groups excluding carboxylic acids is 2. The molecule has 0 aliphatic rings. The number of carbonyl (C=O) groups is 2. The number of terminal acetylenes is 1. The van der Waals surface area contributed by atoms with Crippen molar-refractivity contribution in [2.45, 2.75) is 51.0 Å². The molecule has 0 bridgehead atoms. The summed E-state index contributed by atoms with van der Waals surface area (Å²) in [7, 11) is 0. The first-order chi connectivity index (χ1) is 12.0. The van der Waals surface area contributed by atoms with Crippen molar-refractivity contribution in [1.29, 1.82) is 0 Å². The third-order valence-electron chi connectivity index (χ3n) is 3.77. The van der Waals surface area contributed by atoms with Gasteiger partial charge in [0.15, 0.2) is 0 Å². The highest BCUT2D eigenvalue weighted by Crippen LogP contribution is 2.23. The maximum atomic E-state index is 12.4. The molecule has 0 radical (unpaired) electrons. The van der Waals surface area contributed by atoms with Crippen LogP contribution in [0.25, 0.3) is 6.08 Å². The number of rotatable bonds is 10. The largest absolute Gasteiger partial charge is 0.325 e. The Bertz CT molecular complexity index is 646. The van der Waals surface area contributed by atoms with Crippen molar-refractivity contribution in [2.75, 3.05) is 12.3 Å². The first-order valence-electron chi connectivity index (χ1n) is 8.62. The molecule has 1 aromatic rings. The number of hydrogen-bond donors (Lipinski definition) is 0. The van der Waals surface area contributed by atoms with E-state index in [1.54, 1.807) is 23.6 Å². The van der Waals surface area contributed by atoms with Crippen LogP contribution in [0.4, 0.5) is 0 Å². The van der Waals surface area contributed by atoms with Gasteiger partial charge in [-0.3, -0.25) is 4.79 Å². The van der Waals surface area contributed by atoms with E-state index in [0.717, 1.165) is 11.3 Å². The zero-order chi connectivity index (χ0) is 18.7. The Labute approximate surface area is 155 Å². The fourth-order valence-corrected chi connectivity index (χ4v) is 3.23.